The summed E-state index contributed by atoms with van der Waals surface area (Å²) in [7, 11) is -0.317. The van der Waals surface area contributed by atoms with Crippen LogP contribution in [0.5, 0.6) is 0 Å². The summed E-state index contributed by atoms with van der Waals surface area (Å²) in [5, 5.41) is 2.89. The zero-order valence-corrected chi connectivity index (χ0v) is 14.0. The van der Waals surface area contributed by atoms with E-state index >= 15 is 0 Å². The Morgan fingerprint density at radius 1 is 1.33 bits per heavy atom. The molecule has 0 radical (unpaired) electrons. The van der Waals surface area contributed by atoms with Gasteiger partial charge in [-0.05, 0) is 26.2 Å². The number of nitrogens with one attached hydrogen (secondary N) is 1. The van der Waals surface area contributed by atoms with Crippen molar-refractivity contribution in [1.82, 2.24) is 13.9 Å². The van der Waals surface area contributed by atoms with Crippen LogP contribution in [0.2, 0.25) is 0 Å². The fraction of sp³-hybridized carbons (Fsp3) is 0.923. The van der Waals surface area contributed by atoms with Gasteiger partial charge in [-0.1, -0.05) is 0 Å². The van der Waals surface area contributed by atoms with Crippen molar-refractivity contribution in [3.8, 4) is 0 Å². The lowest BCUT2D eigenvalue weighted by Gasteiger charge is -2.32. The predicted octanol–water partition coefficient (Wildman–Crippen LogP) is 0.0476. The maximum Gasteiger partial charge on any atom is 0.281 e. The molecule has 0 aromatic heterocycles. The molecule has 0 atom stereocenters. The molecule has 0 saturated carbocycles. The maximum atomic E-state index is 12.0. The van der Waals surface area contributed by atoms with Crippen LogP contribution >= 0.6 is 0 Å². The molecule has 1 aliphatic heterocycles. The number of piperidine rings is 1. The van der Waals surface area contributed by atoms with Crippen LogP contribution in [0, 0.1) is 5.92 Å². The lowest BCUT2D eigenvalue weighted by molar-refractivity contribution is -0.126. The summed E-state index contributed by atoms with van der Waals surface area (Å²) in [6.07, 6.45) is 1.95. The van der Waals surface area contributed by atoms with Gasteiger partial charge in [0.1, 0.15) is 0 Å². The fourth-order valence-corrected chi connectivity index (χ4v) is 3.39. The normalized spacial score (nSPS) is 18.1. The molecule has 0 aromatic rings. The van der Waals surface area contributed by atoms with Crippen molar-refractivity contribution in [3.05, 3.63) is 0 Å². The van der Waals surface area contributed by atoms with Gasteiger partial charge < -0.3 is 10.1 Å². The summed E-state index contributed by atoms with van der Waals surface area (Å²) in [5.41, 5.74) is 0. The van der Waals surface area contributed by atoms with Gasteiger partial charge in [-0.2, -0.15) is 17.0 Å². The first kappa shape index (κ1) is 18.3. The van der Waals surface area contributed by atoms with Gasteiger partial charge in [-0.15, -0.1) is 0 Å². The highest BCUT2D eigenvalue weighted by Gasteiger charge is 2.31. The molecule has 0 spiro atoms. The molecule has 124 valence electrons. The Morgan fingerprint density at radius 3 is 2.48 bits per heavy atom. The van der Waals surface area contributed by atoms with E-state index in [0.29, 0.717) is 45.7 Å². The van der Waals surface area contributed by atoms with E-state index in [1.54, 1.807) is 0 Å². The van der Waals surface area contributed by atoms with Gasteiger partial charge in [-0.25, -0.2) is 0 Å². The molecule has 0 bridgehead atoms. The molecule has 0 aromatic carbocycles. The van der Waals surface area contributed by atoms with Crippen molar-refractivity contribution in [3.63, 3.8) is 0 Å². The summed E-state index contributed by atoms with van der Waals surface area (Å²) >= 11 is 0. The molecule has 1 aliphatic rings. The minimum atomic E-state index is -3.36. The van der Waals surface area contributed by atoms with Gasteiger partial charge in [-0.3, -0.25) is 4.79 Å². The molecule has 1 rings (SSSR count). The second-order valence-corrected chi connectivity index (χ2v) is 7.45. The van der Waals surface area contributed by atoms with Gasteiger partial charge in [0, 0.05) is 52.9 Å². The van der Waals surface area contributed by atoms with Crippen molar-refractivity contribution >= 4 is 16.1 Å². The number of carbonyl (C=O) groups is 1. The van der Waals surface area contributed by atoms with Crippen LogP contribution in [-0.4, -0.2) is 69.9 Å². The summed E-state index contributed by atoms with van der Waals surface area (Å²) < 4.78 is 31.8. The highest BCUT2D eigenvalue weighted by molar-refractivity contribution is 7.86. The van der Waals surface area contributed by atoms with Crippen LogP contribution in [0.3, 0.4) is 0 Å². The van der Waals surface area contributed by atoms with Crippen LogP contribution in [0.1, 0.15) is 26.2 Å². The number of hydrogen-bond donors (Lipinski definition) is 1. The Bertz CT molecular complexity index is 417. The first-order chi connectivity index (χ1) is 9.89. The lowest BCUT2D eigenvalue weighted by Crippen LogP contribution is -2.46. The summed E-state index contributed by atoms with van der Waals surface area (Å²) in [4.78, 5) is 12.0. The molecule has 1 saturated heterocycles. The second-order valence-electron chi connectivity index (χ2n) is 5.30. The third kappa shape index (κ3) is 5.54. The van der Waals surface area contributed by atoms with Crippen molar-refractivity contribution in [2.24, 2.45) is 5.92 Å². The summed E-state index contributed by atoms with van der Waals surface area (Å²) in [5.74, 6) is -0.0703. The fourth-order valence-electron chi connectivity index (χ4n) is 2.25. The minimum Gasteiger partial charge on any atom is -0.382 e. The predicted molar refractivity (Wildman–Crippen MR) is 81.0 cm³/mol. The zero-order valence-electron chi connectivity index (χ0n) is 13.2. The van der Waals surface area contributed by atoms with Gasteiger partial charge in [0.2, 0.25) is 5.91 Å². The Kier molecular flexibility index (Phi) is 7.58. The smallest absolute Gasteiger partial charge is 0.281 e. The highest BCUT2D eigenvalue weighted by atomic mass is 32.2. The molecule has 21 heavy (non-hydrogen) atoms. The lowest BCUT2D eigenvalue weighted by atomic mass is 9.97. The molecule has 0 aliphatic carbocycles. The van der Waals surface area contributed by atoms with Crippen molar-refractivity contribution in [2.45, 2.75) is 26.2 Å². The van der Waals surface area contributed by atoms with Crippen molar-refractivity contribution in [1.29, 1.82) is 0 Å². The molecule has 0 unspecified atom stereocenters. The maximum absolute atomic E-state index is 12.0. The quantitative estimate of drug-likeness (QED) is 0.641. The largest absolute Gasteiger partial charge is 0.382 e. The first-order valence-electron chi connectivity index (χ1n) is 7.42. The Labute approximate surface area is 127 Å². The van der Waals surface area contributed by atoms with E-state index in [9.17, 15) is 13.2 Å². The van der Waals surface area contributed by atoms with Gasteiger partial charge in [0.25, 0.3) is 10.2 Å². The number of hydrogen-bond acceptors (Lipinski definition) is 4. The van der Waals surface area contributed by atoms with Gasteiger partial charge in [0.15, 0.2) is 0 Å². The minimum absolute atomic E-state index is 0.0217. The van der Waals surface area contributed by atoms with Crippen LogP contribution in [0.25, 0.3) is 0 Å². The monoisotopic (exact) mass is 321 g/mol. The Morgan fingerprint density at radius 2 is 1.95 bits per heavy atom. The number of rotatable bonds is 8. The average molecular weight is 321 g/mol. The molecule has 1 fully saturated rings. The number of amides is 1. The molecule has 1 heterocycles. The van der Waals surface area contributed by atoms with Crippen LogP contribution in [0.4, 0.5) is 0 Å². The second kappa shape index (κ2) is 8.67. The summed E-state index contributed by atoms with van der Waals surface area (Å²) in [6.45, 7) is 4.68. The van der Waals surface area contributed by atoms with Crippen LogP contribution in [0.15, 0.2) is 0 Å². The third-order valence-electron chi connectivity index (χ3n) is 3.58. The van der Waals surface area contributed by atoms with E-state index in [4.69, 9.17) is 4.74 Å². The van der Waals surface area contributed by atoms with E-state index in [1.165, 1.54) is 22.7 Å². The number of ether oxygens (including phenoxy) is 1. The first-order valence-corrected chi connectivity index (χ1v) is 8.82. The van der Waals surface area contributed by atoms with Gasteiger partial charge in [0.05, 0.1) is 0 Å². The third-order valence-corrected chi connectivity index (χ3v) is 5.52. The number of carbonyl (C=O) groups excluding carboxylic acids is 1. The molecule has 1 amide bonds. The Hall–Kier alpha value is -0.700. The average Bonchev–Trinajstić information content (AvgIpc) is 2.46. The van der Waals surface area contributed by atoms with E-state index in [-0.39, 0.29) is 11.8 Å². The standard InChI is InChI=1S/C13H27N3O4S/c1-4-20-11-5-8-14-13(17)12-6-9-16(10-7-12)21(18,19)15(2)3/h12H,4-11H2,1-3H3,(H,14,17). The van der Waals surface area contributed by atoms with E-state index in [0.717, 1.165) is 6.42 Å². The van der Waals surface area contributed by atoms with Gasteiger partial charge >= 0.3 is 0 Å². The highest BCUT2D eigenvalue weighted by Crippen LogP contribution is 2.20. The zero-order chi connectivity index (χ0) is 15.9. The topological polar surface area (TPSA) is 79.0 Å². The Balaban J connectivity index is 2.31. The van der Waals surface area contributed by atoms with E-state index in [2.05, 4.69) is 5.32 Å². The molecule has 7 nitrogen and oxygen atoms in total. The molecular formula is C13H27N3O4S. The SMILES string of the molecule is CCOCCCNC(=O)C1CCN(S(=O)(=O)N(C)C)CC1. The summed E-state index contributed by atoms with van der Waals surface area (Å²) in [6, 6.07) is 0. The van der Waals surface area contributed by atoms with Crippen molar-refractivity contribution < 1.29 is 17.9 Å². The van der Waals surface area contributed by atoms with Crippen molar-refractivity contribution in [2.75, 3.05) is 46.9 Å². The van der Waals surface area contributed by atoms with E-state index < -0.39 is 10.2 Å². The van der Waals surface area contributed by atoms with E-state index in [1.807, 2.05) is 6.92 Å². The van der Waals surface area contributed by atoms with Crippen LogP contribution < -0.4 is 5.32 Å². The van der Waals surface area contributed by atoms with Crippen LogP contribution in [-0.2, 0) is 19.7 Å². The molecule has 8 heteroatoms. The number of nitrogens with zero attached hydrogens (tertiary/aromatic N) is 2. The molecule has 1 N–H and O–H groups in total. The molecular weight excluding hydrogens is 294 g/mol.